The van der Waals surface area contributed by atoms with E-state index in [4.69, 9.17) is 9.47 Å². The Kier molecular flexibility index (Phi) is 6.87. The second kappa shape index (κ2) is 9.33. The first kappa shape index (κ1) is 19.9. The normalized spacial score (nSPS) is 11.2. The van der Waals surface area contributed by atoms with Crippen molar-refractivity contribution in [2.75, 3.05) is 13.7 Å². The number of methoxy groups -OCH3 is 1. The van der Waals surface area contributed by atoms with Gasteiger partial charge in [0.05, 0.1) is 12.7 Å². The largest absolute Gasteiger partial charge is 0.494 e. The monoisotopic (exact) mass is 374 g/mol. The fourth-order valence-corrected chi connectivity index (χ4v) is 2.25. The van der Waals surface area contributed by atoms with Gasteiger partial charge in [-0.25, -0.2) is 14.0 Å². The average Bonchev–Trinajstić information content (AvgIpc) is 2.66. The zero-order chi connectivity index (χ0) is 19.8. The quantitative estimate of drug-likeness (QED) is 0.758. The molecule has 0 aliphatic carbocycles. The van der Waals surface area contributed by atoms with Gasteiger partial charge in [0.15, 0.2) is 11.6 Å². The maximum Gasteiger partial charge on any atom is 0.339 e. The maximum absolute atomic E-state index is 13.8. The fraction of sp³-hybridized carbons (Fsp3) is 0.211. The lowest BCUT2D eigenvalue weighted by Crippen LogP contribution is -2.42. The lowest BCUT2D eigenvalue weighted by Gasteiger charge is -2.18. The van der Waals surface area contributed by atoms with Gasteiger partial charge in [0, 0.05) is 12.1 Å². The number of carbonyl (C=O) groups is 3. The van der Waals surface area contributed by atoms with Crippen molar-refractivity contribution in [3.05, 3.63) is 65.5 Å². The zero-order valence-electron chi connectivity index (χ0n) is 14.8. The molecule has 2 N–H and O–H groups in total. The molecule has 3 amide bonds. The van der Waals surface area contributed by atoms with Gasteiger partial charge in [0.25, 0.3) is 5.91 Å². The number of esters is 1. The summed E-state index contributed by atoms with van der Waals surface area (Å²) in [6, 6.07) is 11.0. The number of halogens is 1. The molecule has 2 rings (SSSR count). The van der Waals surface area contributed by atoms with Crippen LogP contribution in [0.2, 0.25) is 0 Å². The van der Waals surface area contributed by atoms with E-state index < -0.39 is 29.8 Å². The summed E-state index contributed by atoms with van der Waals surface area (Å²) in [5.74, 6) is -2.51. The minimum Gasteiger partial charge on any atom is -0.494 e. The number of rotatable bonds is 6. The number of urea groups is 1. The smallest absolute Gasteiger partial charge is 0.339 e. The SMILES string of the molecule is CCNC(=O)NC(=O)[C@@H](OC(=O)c1ccc(OC)c(F)c1)c1ccccc1. The summed E-state index contributed by atoms with van der Waals surface area (Å²) in [5.41, 5.74) is 0.265. The number of imide groups is 1. The number of benzene rings is 2. The molecule has 8 heteroatoms. The summed E-state index contributed by atoms with van der Waals surface area (Å²) < 4.78 is 23.9. The highest BCUT2D eigenvalue weighted by Gasteiger charge is 2.27. The molecule has 0 aliphatic rings. The molecule has 0 unspecified atom stereocenters. The first-order valence-corrected chi connectivity index (χ1v) is 8.14. The standard InChI is InChI=1S/C19H19FN2O5/c1-3-21-19(25)22-17(23)16(12-7-5-4-6-8-12)27-18(24)13-9-10-15(26-2)14(20)11-13/h4-11,16H,3H2,1-2H3,(H2,21,22,23,25)/t16-/m0/s1. The fourth-order valence-electron chi connectivity index (χ4n) is 2.25. The highest BCUT2D eigenvalue weighted by Crippen LogP contribution is 2.22. The van der Waals surface area contributed by atoms with Crippen LogP contribution in [0, 0.1) is 5.82 Å². The van der Waals surface area contributed by atoms with Gasteiger partial charge in [-0.1, -0.05) is 30.3 Å². The molecule has 7 nitrogen and oxygen atoms in total. The Bertz CT molecular complexity index is 826. The molecule has 0 aromatic heterocycles. The minimum absolute atomic E-state index is 0.0276. The van der Waals surface area contributed by atoms with Crippen molar-refractivity contribution < 1.29 is 28.2 Å². The van der Waals surface area contributed by atoms with Crippen molar-refractivity contribution >= 4 is 17.9 Å². The van der Waals surface area contributed by atoms with E-state index in [1.807, 2.05) is 0 Å². The number of ether oxygens (including phenoxy) is 2. The maximum atomic E-state index is 13.8. The molecule has 0 fully saturated rings. The van der Waals surface area contributed by atoms with Crippen LogP contribution in [0.5, 0.6) is 5.75 Å². The Hall–Kier alpha value is -3.42. The average molecular weight is 374 g/mol. The van der Waals surface area contributed by atoms with E-state index in [2.05, 4.69) is 10.6 Å². The van der Waals surface area contributed by atoms with E-state index in [1.54, 1.807) is 37.3 Å². The molecule has 27 heavy (non-hydrogen) atoms. The van der Waals surface area contributed by atoms with E-state index in [9.17, 15) is 18.8 Å². The van der Waals surface area contributed by atoms with Crippen molar-refractivity contribution in [2.24, 2.45) is 0 Å². The molecule has 0 saturated heterocycles. The second-order valence-corrected chi connectivity index (χ2v) is 5.39. The Labute approximate surface area is 155 Å². The molecule has 0 bridgehead atoms. The number of hydrogen-bond donors (Lipinski definition) is 2. The van der Waals surface area contributed by atoms with Crippen molar-refractivity contribution in [3.8, 4) is 5.75 Å². The number of amides is 3. The molecule has 142 valence electrons. The molecule has 0 radical (unpaired) electrons. The summed E-state index contributed by atoms with van der Waals surface area (Å²) >= 11 is 0. The number of hydrogen-bond acceptors (Lipinski definition) is 5. The van der Waals surface area contributed by atoms with Crippen LogP contribution in [0.3, 0.4) is 0 Å². The third-order valence-corrected chi connectivity index (χ3v) is 3.53. The van der Waals surface area contributed by atoms with Crippen molar-refractivity contribution in [1.29, 1.82) is 0 Å². The van der Waals surface area contributed by atoms with Crippen LogP contribution in [-0.4, -0.2) is 31.6 Å². The van der Waals surface area contributed by atoms with Gasteiger partial charge in [0.1, 0.15) is 0 Å². The molecule has 0 spiro atoms. The Morgan fingerprint density at radius 3 is 2.41 bits per heavy atom. The Morgan fingerprint density at radius 2 is 1.81 bits per heavy atom. The molecule has 0 heterocycles. The van der Waals surface area contributed by atoms with Crippen molar-refractivity contribution in [1.82, 2.24) is 10.6 Å². The van der Waals surface area contributed by atoms with Crippen LogP contribution in [0.25, 0.3) is 0 Å². The van der Waals surface area contributed by atoms with E-state index >= 15 is 0 Å². The number of carbonyl (C=O) groups excluding carboxylic acids is 3. The van der Waals surface area contributed by atoms with Crippen LogP contribution in [0.4, 0.5) is 9.18 Å². The summed E-state index contributed by atoms with van der Waals surface area (Å²) in [6.45, 7) is 2.01. The second-order valence-electron chi connectivity index (χ2n) is 5.39. The third kappa shape index (κ3) is 5.27. The zero-order valence-corrected chi connectivity index (χ0v) is 14.8. The van der Waals surface area contributed by atoms with E-state index in [-0.39, 0.29) is 11.3 Å². The Balaban J connectivity index is 2.23. The van der Waals surface area contributed by atoms with Crippen LogP contribution in [-0.2, 0) is 9.53 Å². The Morgan fingerprint density at radius 1 is 1.11 bits per heavy atom. The summed E-state index contributed by atoms with van der Waals surface area (Å²) in [6.07, 6.45) is -1.38. The van der Waals surface area contributed by atoms with Gasteiger partial charge in [0.2, 0.25) is 6.10 Å². The van der Waals surface area contributed by atoms with Gasteiger partial charge < -0.3 is 14.8 Å². The molecular formula is C19H19FN2O5. The van der Waals surface area contributed by atoms with E-state index in [0.717, 1.165) is 6.07 Å². The lowest BCUT2D eigenvalue weighted by molar-refractivity contribution is -0.129. The van der Waals surface area contributed by atoms with Gasteiger partial charge >= 0.3 is 12.0 Å². The molecule has 2 aromatic carbocycles. The third-order valence-electron chi connectivity index (χ3n) is 3.53. The summed E-state index contributed by atoms with van der Waals surface area (Å²) in [4.78, 5) is 36.4. The van der Waals surface area contributed by atoms with Gasteiger partial charge in [-0.3, -0.25) is 10.1 Å². The number of nitrogens with one attached hydrogen (secondary N) is 2. The van der Waals surface area contributed by atoms with Gasteiger partial charge in [-0.15, -0.1) is 0 Å². The predicted molar refractivity (Wildman–Crippen MR) is 94.8 cm³/mol. The van der Waals surface area contributed by atoms with E-state index in [0.29, 0.717) is 12.1 Å². The van der Waals surface area contributed by atoms with Crippen LogP contribution in [0.15, 0.2) is 48.5 Å². The van der Waals surface area contributed by atoms with Gasteiger partial charge in [-0.2, -0.15) is 0 Å². The van der Waals surface area contributed by atoms with Crippen molar-refractivity contribution in [2.45, 2.75) is 13.0 Å². The molecular weight excluding hydrogens is 355 g/mol. The molecule has 0 aliphatic heterocycles. The molecule has 2 aromatic rings. The summed E-state index contributed by atoms with van der Waals surface area (Å²) in [5, 5.41) is 4.52. The predicted octanol–water partition coefficient (Wildman–Crippen LogP) is 2.58. The van der Waals surface area contributed by atoms with E-state index in [1.165, 1.54) is 19.2 Å². The van der Waals surface area contributed by atoms with Crippen LogP contribution < -0.4 is 15.4 Å². The lowest BCUT2D eigenvalue weighted by atomic mass is 10.1. The highest BCUT2D eigenvalue weighted by atomic mass is 19.1. The highest BCUT2D eigenvalue weighted by molar-refractivity contribution is 5.99. The first-order chi connectivity index (χ1) is 13.0. The summed E-state index contributed by atoms with van der Waals surface area (Å²) in [7, 11) is 1.30. The van der Waals surface area contributed by atoms with Crippen LogP contribution in [0.1, 0.15) is 28.9 Å². The van der Waals surface area contributed by atoms with Gasteiger partial charge in [-0.05, 0) is 25.1 Å². The van der Waals surface area contributed by atoms with Crippen molar-refractivity contribution in [3.63, 3.8) is 0 Å². The van der Waals surface area contributed by atoms with Crippen LogP contribution >= 0.6 is 0 Å². The first-order valence-electron chi connectivity index (χ1n) is 8.14. The molecule has 0 saturated carbocycles. The minimum atomic E-state index is -1.38. The topological polar surface area (TPSA) is 93.7 Å². The molecule has 1 atom stereocenters.